The minimum absolute atomic E-state index is 0.261. The Hall–Kier alpha value is -2.09. The fourth-order valence-electron chi connectivity index (χ4n) is 1.91. The smallest absolute Gasteiger partial charge is 0.339 e. The van der Waals surface area contributed by atoms with E-state index in [4.69, 9.17) is 4.42 Å². The maximum absolute atomic E-state index is 11.4. The topological polar surface area (TPSA) is 30.2 Å². The van der Waals surface area contributed by atoms with Crippen molar-refractivity contribution < 1.29 is 4.42 Å². The van der Waals surface area contributed by atoms with Crippen molar-refractivity contribution in [2.75, 3.05) is 0 Å². The maximum Gasteiger partial charge on any atom is 0.339 e. The van der Waals surface area contributed by atoms with Crippen LogP contribution in [-0.4, -0.2) is 0 Å². The quantitative estimate of drug-likeness (QED) is 0.421. The van der Waals surface area contributed by atoms with Crippen molar-refractivity contribution >= 4 is 21.7 Å². The molecule has 0 bridgehead atoms. The van der Waals surface area contributed by atoms with Crippen LogP contribution in [0.3, 0.4) is 0 Å². The Bertz CT molecular complexity index is 738. The lowest BCUT2D eigenvalue weighted by Gasteiger charge is -2.01. The molecule has 2 heteroatoms. The average molecular weight is 210 g/mol. The largest absolute Gasteiger partial charge is 0.423 e. The van der Waals surface area contributed by atoms with Gasteiger partial charge in [-0.25, -0.2) is 4.79 Å². The first kappa shape index (κ1) is 9.16. The summed E-state index contributed by atoms with van der Waals surface area (Å²) < 4.78 is 5.24. The van der Waals surface area contributed by atoms with Crippen LogP contribution in [0.1, 0.15) is 5.56 Å². The Morgan fingerprint density at radius 2 is 1.62 bits per heavy atom. The van der Waals surface area contributed by atoms with Crippen LogP contribution in [0.5, 0.6) is 0 Å². The highest BCUT2D eigenvalue weighted by molar-refractivity contribution is 5.95. The summed E-state index contributed by atoms with van der Waals surface area (Å²) in [5.41, 5.74) is 1.03. The third-order valence-corrected chi connectivity index (χ3v) is 2.77. The van der Waals surface area contributed by atoms with E-state index in [0.717, 1.165) is 16.2 Å². The van der Waals surface area contributed by atoms with Gasteiger partial charge in [0, 0.05) is 10.9 Å². The number of benzene rings is 2. The van der Waals surface area contributed by atoms with Crippen molar-refractivity contribution in [3.05, 3.63) is 58.4 Å². The molecule has 0 radical (unpaired) electrons. The molecule has 1 heterocycles. The fraction of sp³-hybridized carbons (Fsp3) is 0.0714. The van der Waals surface area contributed by atoms with Gasteiger partial charge >= 0.3 is 5.63 Å². The van der Waals surface area contributed by atoms with Crippen LogP contribution in [0.4, 0.5) is 0 Å². The van der Waals surface area contributed by atoms with Crippen LogP contribution in [0.2, 0.25) is 0 Å². The molecule has 3 aromatic rings. The molecule has 0 amide bonds. The molecule has 78 valence electrons. The Morgan fingerprint density at radius 1 is 0.938 bits per heavy atom. The lowest BCUT2D eigenvalue weighted by atomic mass is 10.1. The summed E-state index contributed by atoms with van der Waals surface area (Å²) in [6.45, 7) is 1.76. The molecule has 0 aliphatic carbocycles. The van der Waals surface area contributed by atoms with E-state index < -0.39 is 0 Å². The molecule has 0 atom stereocenters. The second kappa shape index (κ2) is 3.20. The summed E-state index contributed by atoms with van der Waals surface area (Å²) in [7, 11) is 0. The summed E-state index contributed by atoms with van der Waals surface area (Å²) in [6, 6.07) is 13.9. The van der Waals surface area contributed by atoms with E-state index >= 15 is 0 Å². The molecule has 0 saturated heterocycles. The summed E-state index contributed by atoms with van der Waals surface area (Å²) in [4.78, 5) is 11.4. The number of aryl methyl sites for hydroxylation is 1. The molecule has 0 spiro atoms. The Labute approximate surface area is 92.1 Å². The maximum atomic E-state index is 11.4. The standard InChI is InChI=1S/C14H10O2/c1-9-6-12-7-10-4-2-3-5-11(10)8-13(12)16-14(9)15/h2-8H,1H3. The zero-order valence-corrected chi connectivity index (χ0v) is 8.86. The lowest BCUT2D eigenvalue weighted by Crippen LogP contribution is -2.01. The van der Waals surface area contributed by atoms with Gasteiger partial charge in [-0.3, -0.25) is 0 Å². The van der Waals surface area contributed by atoms with Gasteiger partial charge in [0.05, 0.1) is 0 Å². The zero-order chi connectivity index (χ0) is 11.1. The van der Waals surface area contributed by atoms with Crippen molar-refractivity contribution in [3.8, 4) is 0 Å². The molecular weight excluding hydrogens is 200 g/mol. The van der Waals surface area contributed by atoms with E-state index in [1.54, 1.807) is 6.92 Å². The summed E-state index contributed by atoms with van der Waals surface area (Å²) >= 11 is 0. The highest BCUT2D eigenvalue weighted by Gasteiger charge is 2.02. The second-order valence-electron chi connectivity index (χ2n) is 3.95. The van der Waals surface area contributed by atoms with Crippen LogP contribution in [0, 0.1) is 6.92 Å². The highest BCUT2D eigenvalue weighted by atomic mass is 16.4. The van der Waals surface area contributed by atoms with Gasteiger partial charge in [0.2, 0.25) is 0 Å². The first-order chi connectivity index (χ1) is 7.74. The molecule has 0 unspecified atom stereocenters. The molecule has 0 aliphatic heterocycles. The SMILES string of the molecule is Cc1cc2cc3ccccc3cc2oc1=O. The third-order valence-electron chi connectivity index (χ3n) is 2.77. The van der Waals surface area contributed by atoms with Crippen molar-refractivity contribution in [1.82, 2.24) is 0 Å². The number of fused-ring (bicyclic) bond motifs is 2. The van der Waals surface area contributed by atoms with Crippen molar-refractivity contribution in [1.29, 1.82) is 0 Å². The molecule has 1 aromatic heterocycles. The van der Waals surface area contributed by atoms with Crippen molar-refractivity contribution in [3.63, 3.8) is 0 Å². The predicted octanol–water partition coefficient (Wildman–Crippen LogP) is 3.25. The Morgan fingerprint density at radius 3 is 2.38 bits per heavy atom. The van der Waals surface area contributed by atoms with Gasteiger partial charge in [-0.05, 0) is 35.9 Å². The third kappa shape index (κ3) is 1.31. The van der Waals surface area contributed by atoms with E-state index in [-0.39, 0.29) is 5.63 Å². The number of hydrogen-bond donors (Lipinski definition) is 0. The van der Waals surface area contributed by atoms with Crippen LogP contribution in [-0.2, 0) is 0 Å². The molecule has 3 rings (SSSR count). The Balaban J connectivity index is 2.51. The summed E-state index contributed by atoms with van der Waals surface area (Å²) in [6.07, 6.45) is 0. The molecule has 0 aliphatic rings. The van der Waals surface area contributed by atoms with Gasteiger partial charge in [0.15, 0.2) is 0 Å². The van der Waals surface area contributed by atoms with Crippen LogP contribution < -0.4 is 5.63 Å². The summed E-state index contributed by atoms with van der Waals surface area (Å²) in [5.74, 6) is 0. The molecule has 0 saturated carbocycles. The minimum Gasteiger partial charge on any atom is -0.423 e. The van der Waals surface area contributed by atoms with Crippen molar-refractivity contribution in [2.45, 2.75) is 6.92 Å². The number of hydrogen-bond acceptors (Lipinski definition) is 2. The van der Waals surface area contributed by atoms with E-state index in [1.165, 1.54) is 0 Å². The Kier molecular flexibility index (Phi) is 1.83. The van der Waals surface area contributed by atoms with Gasteiger partial charge in [0.1, 0.15) is 5.58 Å². The van der Waals surface area contributed by atoms with Gasteiger partial charge < -0.3 is 4.42 Å². The van der Waals surface area contributed by atoms with Gasteiger partial charge in [-0.2, -0.15) is 0 Å². The van der Waals surface area contributed by atoms with E-state index in [1.807, 2.05) is 36.4 Å². The molecule has 0 N–H and O–H groups in total. The van der Waals surface area contributed by atoms with E-state index in [9.17, 15) is 4.79 Å². The average Bonchev–Trinajstić information content (AvgIpc) is 2.28. The molecule has 16 heavy (non-hydrogen) atoms. The molecule has 0 fully saturated rings. The first-order valence-electron chi connectivity index (χ1n) is 5.17. The molecule has 2 nitrogen and oxygen atoms in total. The van der Waals surface area contributed by atoms with Crippen LogP contribution >= 0.6 is 0 Å². The number of rotatable bonds is 0. The van der Waals surface area contributed by atoms with Crippen molar-refractivity contribution in [2.24, 2.45) is 0 Å². The minimum atomic E-state index is -0.261. The normalized spacial score (nSPS) is 11.1. The van der Waals surface area contributed by atoms with E-state index in [2.05, 4.69) is 6.07 Å². The van der Waals surface area contributed by atoms with Gasteiger partial charge in [0.25, 0.3) is 0 Å². The van der Waals surface area contributed by atoms with Gasteiger partial charge in [-0.15, -0.1) is 0 Å². The summed E-state index contributed by atoms with van der Waals surface area (Å²) in [5, 5.41) is 3.21. The highest BCUT2D eigenvalue weighted by Crippen LogP contribution is 2.21. The monoisotopic (exact) mass is 210 g/mol. The van der Waals surface area contributed by atoms with Gasteiger partial charge in [-0.1, -0.05) is 24.3 Å². The van der Waals surface area contributed by atoms with E-state index in [0.29, 0.717) is 11.1 Å². The molecular formula is C14H10O2. The predicted molar refractivity (Wildman–Crippen MR) is 64.7 cm³/mol. The van der Waals surface area contributed by atoms with Crippen LogP contribution in [0.25, 0.3) is 21.7 Å². The second-order valence-corrected chi connectivity index (χ2v) is 3.95. The lowest BCUT2D eigenvalue weighted by molar-refractivity contribution is 0.555. The fourth-order valence-corrected chi connectivity index (χ4v) is 1.91. The molecule has 2 aromatic carbocycles. The van der Waals surface area contributed by atoms with Crippen LogP contribution in [0.15, 0.2) is 51.7 Å². The zero-order valence-electron chi connectivity index (χ0n) is 8.86. The first-order valence-corrected chi connectivity index (χ1v) is 5.17.